The maximum absolute atomic E-state index is 13.3. The Morgan fingerprint density at radius 3 is 2.80 bits per heavy atom. The predicted octanol–water partition coefficient (Wildman–Crippen LogP) is 8.00. The third kappa shape index (κ3) is 6.75. The van der Waals surface area contributed by atoms with Gasteiger partial charge >= 0.3 is 5.97 Å². The van der Waals surface area contributed by atoms with Crippen molar-refractivity contribution in [1.29, 1.82) is 0 Å². The summed E-state index contributed by atoms with van der Waals surface area (Å²) in [4.78, 5) is 32.0. The second-order valence-electron chi connectivity index (χ2n) is 12.3. The predicted molar refractivity (Wildman–Crippen MR) is 175 cm³/mol. The van der Waals surface area contributed by atoms with Gasteiger partial charge in [0.25, 0.3) is 5.91 Å². The Balaban J connectivity index is 1.26. The molecule has 2 aliphatic rings. The molecule has 3 unspecified atom stereocenters. The molecule has 2 saturated carbocycles. The van der Waals surface area contributed by atoms with Gasteiger partial charge in [-0.25, -0.2) is 4.68 Å². The lowest BCUT2D eigenvalue weighted by Gasteiger charge is -2.48. The lowest BCUT2D eigenvalue weighted by molar-refractivity contribution is -0.153. The SMILES string of the molecule is CCC1CC2CCCC(CC(=O)OCn3nc(/C=C/c4ccccn4)c4ccc(Sc5ccccc5C(=O)NC)cc43)(C1)C2. The van der Waals surface area contributed by atoms with Crippen LogP contribution < -0.4 is 5.32 Å². The number of rotatable bonds is 10. The number of esters is 1. The lowest BCUT2D eigenvalue weighted by atomic mass is 9.57. The molecule has 0 saturated heterocycles. The first-order valence-corrected chi connectivity index (χ1v) is 16.5. The van der Waals surface area contributed by atoms with Crippen molar-refractivity contribution in [3.63, 3.8) is 0 Å². The molecule has 1 N–H and O–H groups in total. The molecule has 2 aromatic heterocycles. The van der Waals surface area contributed by atoms with Gasteiger partial charge in [0.15, 0.2) is 6.73 Å². The van der Waals surface area contributed by atoms with E-state index in [1.165, 1.54) is 37.4 Å². The molecule has 2 aromatic carbocycles. The Labute approximate surface area is 263 Å². The fourth-order valence-corrected chi connectivity index (χ4v) is 8.26. The van der Waals surface area contributed by atoms with E-state index in [1.54, 1.807) is 17.9 Å². The summed E-state index contributed by atoms with van der Waals surface area (Å²) in [7, 11) is 1.64. The highest BCUT2D eigenvalue weighted by atomic mass is 32.2. The number of carbonyl (C=O) groups is 2. The minimum absolute atomic E-state index is 0.0480. The van der Waals surface area contributed by atoms with Crippen molar-refractivity contribution in [1.82, 2.24) is 20.1 Å². The summed E-state index contributed by atoms with van der Waals surface area (Å²) >= 11 is 1.52. The zero-order valence-corrected chi connectivity index (χ0v) is 26.3. The van der Waals surface area contributed by atoms with E-state index < -0.39 is 0 Å². The van der Waals surface area contributed by atoms with E-state index in [0.717, 1.165) is 63.2 Å². The van der Waals surface area contributed by atoms with Crippen LogP contribution >= 0.6 is 11.8 Å². The largest absolute Gasteiger partial charge is 0.442 e. The monoisotopic (exact) mass is 608 g/mol. The van der Waals surface area contributed by atoms with Crippen molar-refractivity contribution < 1.29 is 14.3 Å². The standard InChI is InChI=1S/C36H40N4O3S/c1-3-25-19-26-9-8-17-36(21-25,22-26)23-34(41)43-24-40-32-20-28(44-33-12-5-4-11-30(33)35(42)37-2)14-15-29(32)31(39-40)16-13-27-10-6-7-18-38-27/h4-7,10-16,18,20,25-26H,3,8-9,17,19,21-24H2,1-2H3,(H,37,42)/b16-13+. The maximum atomic E-state index is 13.3. The van der Waals surface area contributed by atoms with Crippen molar-refractivity contribution in [3.05, 3.63) is 83.8 Å². The van der Waals surface area contributed by atoms with Crippen LogP contribution in [0.4, 0.5) is 0 Å². The normalized spacial score (nSPS) is 21.4. The molecule has 0 spiro atoms. The summed E-state index contributed by atoms with van der Waals surface area (Å²) in [5, 5.41) is 8.54. The number of nitrogens with one attached hydrogen (secondary N) is 1. The van der Waals surface area contributed by atoms with Gasteiger partial charge in [-0.1, -0.05) is 56.1 Å². The van der Waals surface area contributed by atoms with E-state index in [4.69, 9.17) is 9.84 Å². The lowest BCUT2D eigenvalue weighted by Crippen LogP contribution is -2.38. The highest BCUT2D eigenvalue weighted by Crippen LogP contribution is 2.53. The molecule has 2 bridgehead atoms. The molecule has 7 nitrogen and oxygen atoms in total. The van der Waals surface area contributed by atoms with E-state index in [2.05, 4.69) is 23.3 Å². The topological polar surface area (TPSA) is 86.1 Å². The van der Waals surface area contributed by atoms with Crippen molar-refractivity contribution in [2.24, 2.45) is 17.3 Å². The third-order valence-electron chi connectivity index (χ3n) is 9.31. The Hall–Kier alpha value is -3.91. The van der Waals surface area contributed by atoms with Crippen LogP contribution in [0.25, 0.3) is 23.1 Å². The molecule has 0 radical (unpaired) electrons. The van der Waals surface area contributed by atoms with E-state index in [1.807, 2.05) is 66.7 Å². The van der Waals surface area contributed by atoms with Gasteiger partial charge in [-0.15, -0.1) is 0 Å². The van der Waals surface area contributed by atoms with E-state index in [0.29, 0.717) is 12.0 Å². The van der Waals surface area contributed by atoms with Crippen molar-refractivity contribution in [2.45, 2.75) is 74.8 Å². The Morgan fingerprint density at radius 1 is 1.11 bits per heavy atom. The fourth-order valence-electron chi connectivity index (χ4n) is 7.28. The zero-order chi connectivity index (χ0) is 30.5. The van der Waals surface area contributed by atoms with Crippen LogP contribution in [0.5, 0.6) is 0 Å². The van der Waals surface area contributed by atoms with Gasteiger partial charge in [0.1, 0.15) is 0 Å². The molecule has 3 atom stereocenters. The average Bonchev–Trinajstić information content (AvgIpc) is 3.39. The zero-order valence-electron chi connectivity index (χ0n) is 25.5. The Kier molecular flexibility index (Phi) is 9.17. The maximum Gasteiger partial charge on any atom is 0.308 e. The number of aromatic nitrogens is 3. The number of nitrogens with zero attached hydrogens (tertiary/aromatic N) is 3. The summed E-state index contributed by atoms with van der Waals surface area (Å²) < 4.78 is 7.73. The molecule has 2 fully saturated rings. The number of benzene rings is 2. The molecule has 1 amide bonds. The van der Waals surface area contributed by atoms with Crippen LogP contribution in [0.15, 0.2) is 76.7 Å². The molecule has 6 rings (SSSR count). The molecule has 8 heteroatoms. The molecule has 2 heterocycles. The van der Waals surface area contributed by atoms with Crippen molar-refractivity contribution in [2.75, 3.05) is 7.05 Å². The number of amides is 1. The summed E-state index contributed by atoms with van der Waals surface area (Å²) in [5.41, 5.74) is 3.18. The summed E-state index contributed by atoms with van der Waals surface area (Å²) in [5.74, 6) is 1.21. The van der Waals surface area contributed by atoms with E-state index in [-0.39, 0.29) is 24.0 Å². The minimum atomic E-state index is -0.137. The van der Waals surface area contributed by atoms with E-state index >= 15 is 0 Å². The first kappa shape index (κ1) is 30.1. The highest BCUT2D eigenvalue weighted by molar-refractivity contribution is 7.99. The fraction of sp³-hybridized carbons (Fsp3) is 0.389. The van der Waals surface area contributed by atoms with Gasteiger partial charge in [0.2, 0.25) is 0 Å². The van der Waals surface area contributed by atoms with Crippen molar-refractivity contribution in [3.8, 4) is 0 Å². The second kappa shape index (κ2) is 13.4. The first-order valence-electron chi connectivity index (χ1n) is 15.7. The van der Waals surface area contributed by atoms with E-state index in [9.17, 15) is 9.59 Å². The number of carbonyl (C=O) groups excluding carboxylic acids is 2. The van der Waals surface area contributed by atoms with Crippen LogP contribution in [0.1, 0.15) is 80.0 Å². The summed E-state index contributed by atoms with van der Waals surface area (Å²) in [6.07, 6.45) is 14.6. The van der Waals surface area contributed by atoms with Crippen LogP contribution in [0, 0.1) is 17.3 Å². The van der Waals surface area contributed by atoms with Gasteiger partial charge < -0.3 is 10.1 Å². The van der Waals surface area contributed by atoms with Crippen LogP contribution in [0.3, 0.4) is 0 Å². The molecule has 2 aliphatic carbocycles. The van der Waals surface area contributed by atoms with Gasteiger partial charge in [-0.05, 0) is 97.6 Å². The van der Waals surface area contributed by atoms with Crippen LogP contribution in [-0.4, -0.2) is 33.7 Å². The van der Waals surface area contributed by atoms with Gasteiger partial charge in [0.05, 0.1) is 28.9 Å². The number of ether oxygens (including phenoxy) is 1. The minimum Gasteiger partial charge on any atom is -0.442 e. The highest BCUT2D eigenvalue weighted by Gasteiger charge is 2.44. The number of fused-ring (bicyclic) bond motifs is 3. The van der Waals surface area contributed by atoms with Gasteiger partial charge in [-0.3, -0.25) is 14.6 Å². The molecule has 228 valence electrons. The van der Waals surface area contributed by atoms with Crippen molar-refractivity contribution >= 4 is 46.7 Å². The molecule has 4 aromatic rings. The number of pyridine rings is 1. The molecule has 44 heavy (non-hydrogen) atoms. The van der Waals surface area contributed by atoms with Crippen LogP contribution in [-0.2, 0) is 16.3 Å². The molecule has 0 aliphatic heterocycles. The Bertz CT molecular complexity index is 1670. The third-order valence-corrected chi connectivity index (χ3v) is 10.4. The number of hydrogen-bond donors (Lipinski definition) is 1. The van der Waals surface area contributed by atoms with Gasteiger partial charge in [0, 0.05) is 28.4 Å². The molecular formula is C36H40N4O3S. The number of hydrogen-bond acceptors (Lipinski definition) is 6. The Morgan fingerprint density at radius 2 is 1.98 bits per heavy atom. The van der Waals surface area contributed by atoms with Crippen LogP contribution in [0.2, 0.25) is 0 Å². The first-order chi connectivity index (χ1) is 21.4. The summed E-state index contributed by atoms with van der Waals surface area (Å²) in [6, 6.07) is 19.5. The average molecular weight is 609 g/mol. The molecular weight excluding hydrogens is 568 g/mol. The van der Waals surface area contributed by atoms with Gasteiger partial charge in [-0.2, -0.15) is 5.10 Å². The second-order valence-corrected chi connectivity index (χ2v) is 13.4. The summed E-state index contributed by atoms with van der Waals surface area (Å²) in [6.45, 7) is 2.33. The smallest absolute Gasteiger partial charge is 0.308 e. The quantitative estimate of drug-likeness (QED) is 0.184.